The van der Waals surface area contributed by atoms with E-state index in [0.29, 0.717) is 24.5 Å². The Labute approximate surface area is 106 Å². The number of hydrogen-bond donors (Lipinski definition) is 2. The lowest BCUT2D eigenvalue weighted by Gasteiger charge is -2.15. The van der Waals surface area contributed by atoms with Crippen molar-refractivity contribution in [1.29, 1.82) is 0 Å². The zero-order valence-electron chi connectivity index (χ0n) is 10.7. The van der Waals surface area contributed by atoms with Gasteiger partial charge in [-0.05, 0) is 32.4 Å². The lowest BCUT2D eigenvalue weighted by molar-refractivity contribution is 0.0651. The Morgan fingerprint density at radius 2 is 2.17 bits per heavy atom. The van der Waals surface area contributed by atoms with Gasteiger partial charge in [0.05, 0.1) is 5.60 Å². The summed E-state index contributed by atoms with van der Waals surface area (Å²) in [4.78, 5) is 4.24. The molecule has 18 heavy (non-hydrogen) atoms. The van der Waals surface area contributed by atoms with Gasteiger partial charge in [-0.15, -0.1) is 0 Å². The third kappa shape index (κ3) is 3.30. The van der Waals surface area contributed by atoms with Crippen LogP contribution in [-0.4, -0.2) is 25.5 Å². The average Bonchev–Trinajstić information content (AvgIpc) is 2.74. The van der Waals surface area contributed by atoms with Gasteiger partial charge >= 0.3 is 0 Å². The van der Waals surface area contributed by atoms with E-state index >= 15 is 0 Å². The second-order valence-electron chi connectivity index (χ2n) is 5.02. The van der Waals surface area contributed by atoms with E-state index in [4.69, 9.17) is 5.73 Å². The van der Waals surface area contributed by atoms with Gasteiger partial charge in [0.2, 0.25) is 0 Å². The first-order valence-electron chi connectivity index (χ1n) is 5.92. The quantitative estimate of drug-likeness (QED) is 0.805. The summed E-state index contributed by atoms with van der Waals surface area (Å²) in [6.45, 7) is 4.20. The molecule has 2 rings (SSSR count). The molecule has 0 saturated heterocycles. The molecule has 0 atom stereocenters. The topological polar surface area (TPSA) is 77.0 Å². The highest BCUT2D eigenvalue weighted by Crippen LogP contribution is 2.17. The number of hydrogen-bond acceptors (Lipinski definition) is 4. The van der Waals surface area contributed by atoms with Gasteiger partial charge in [0.25, 0.3) is 0 Å². The van der Waals surface area contributed by atoms with Crippen LogP contribution < -0.4 is 5.73 Å². The molecule has 0 fully saturated rings. The Morgan fingerprint density at radius 3 is 2.83 bits per heavy atom. The van der Waals surface area contributed by atoms with Crippen LogP contribution in [0.1, 0.15) is 20.3 Å². The van der Waals surface area contributed by atoms with Crippen molar-refractivity contribution in [3.63, 3.8) is 0 Å². The Balaban J connectivity index is 2.11. The molecule has 0 amide bonds. The van der Waals surface area contributed by atoms with Crippen molar-refractivity contribution < 1.29 is 5.11 Å². The van der Waals surface area contributed by atoms with Gasteiger partial charge in [-0.1, -0.05) is 12.1 Å². The number of benzene rings is 1. The molecule has 0 unspecified atom stereocenters. The maximum Gasteiger partial charge on any atom is 0.181 e. The minimum atomic E-state index is -0.691. The number of aryl methyl sites for hydroxylation is 1. The predicted molar refractivity (Wildman–Crippen MR) is 70.8 cm³/mol. The zero-order valence-corrected chi connectivity index (χ0v) is 10.7. The fraction of sp³-hybridized carbons (Fsp3) is 0.385. The summed E-state index contributed by atoms with van der Waals surface area (Å²) in [5.41, 5.74) is 6.63. The van der Waals surface area contributed by atoms with Crippen molar-refractivity contribution in [2.24, 2.45) is 0 Å². The highest BCUT2D eigenvalue weighted by atomic mass is 16.3. The molecule has 0 aliphatic carbocycles. The van der Waals surface area contributed by atoms with Crippen molar-refractivity contribution in [2.75, 3.05) is 5.73 Å². The van der Waals surface area contributed by atoms with Crippen LogP contribution in [-0.2, 0) is 6.54 Å². The molecule has 2 aromatic rings. The normalized spacial score (nSPS) is 11.7. The number of nitrogen functional groups attached to an aromatic ring is 1. The Kier molecular flexibility index (Phi) is 3.34. The number of nitrogens with zero attached hydrogens (tertiary/aromatic N) is 3. The number of rotatable bonds is 4. The largest absolute Gasteiger partial charge is 0.399 e. The number of aliphatic hydroxyl groups is 1. The third-order valence-electron chi connectivity index (χ3n) is 2.63. The van der Waals surface area contributed by atoms with Crippen molar-refractivity contribution >= 4 is 5.69 Å². The van der Waals surface area contributed by atoms with Crippen molar-refractivity contribution in [1.82, 2.24) is 14.8 Å². The number of aromatic nitrogens is 3. The summed E-state index contributed by atoms with van der Waals surface area (Å²) < 4.78 is 1.73. The van der Waals surface area contributed by atoms with E-state index in [1.807, 2.05) is 24.3 Å². The fourth-order valence-electron chi connectivity index (χ4n) is 1.60. The zero-order chi connectivity index (χ0) is 13.2. The first-order valence-corrected chi connectivity index (χ1v) is 5.92. The monoisotopic (exact) mass is 246 g/mol. The minimum absolute atomic E-state index is 0.632. The van der Waals surface area contributed by atoms with Crippen LogP contribution >= 0.6 is 0 Å². The number of nitrogens with two attached hydrogens (primary N) is 1. The average molecular weight is 246 g/mol. The predicted octanol–water partition coefficient (Wildman–Crippen LogP) is 1.69. The smallest absolute Gasteiger partial charge is 0.181 e. The third-order valence-corrected chi connectivity index (χ3v) is 2.63. The van der Waals surface area contributed by atoms with Crippen LogP contribution in [0.2, 0.25) is 0 Å². The van der Waals surface area contributed by atoms with Gasteiger partial charge in [-0.3, -0.25) is 4.68 Å². The van der Waals surface area contributed by atoms with Gasteiger partial charge in [-0.25, -0.2) is 4.98 Å². The molecule has 0 saturated carbocycles. The van der Waals surface area contributed by atoms with Crippen LogP contribution in [0, 0.1) is 0 Å². The molecule has 1 heterocycles. The lowest BCUT2D eigenvalue weighted by Crippen LogP contribution is -2.21. The van der Waals surface area contributed by atoms with E-state index in [0.717, 1.165) is 5.56 Å². The summed E-state index contributed by atoms with van der Waals surface area (Å²) >= 11 is 0. The van der Waals surface area contributed by atoms with Crippen LogP contribution in [0.4, 0.5) is 5.69 Å². The van der Waals surface area contributed by atoms with E-state index in [-0.39, 0.29) is 0 Å². The van der Waals surface area contributed by atoms with E-state index in [2.05, 4.69) is 10.1 Å². The molecule has 0 spiro atoms. The summed E-state index contributed by atoms with van der Waals surface area (Å²) in [7, 11) is 0. The molecule has 96 valence electrons. The van der Waals surface area contributed by atoms with Crippen molar-refractivity contribution in [3.05, 3.63) is 30.6 Å². The molecule has 0 bridgehead atoms. The maximum atomic E-state index is 9.66. The van der Waals surface area contributed by atoms with E-state index in [1.165, 1.54) is 0 Å². The van der Waals surface area contributed by atoms with E-state index < -0.39 is 5.60 Å². The van der Waals surface area contributed by atoms with Gasteiger partial charge in [0.1, 0.15) is 6.33 Å². The Morgan fingerprint density at radius 1 is 1.39 bits per heavy atom. The Hall–Kier alpha value is -1.88. The summed E-state index contributed by atoms with van der Waals surface area (Å²) in [5.74, 6) is 0.651. The molecular formula is C13H18N4O. The van der Waals surface area contributed by atoms with Crippen LogP contribution in [0.3, 0.4) is 0 Å². The minimum Gasteiger partial charge on any atom is -0.399 e. The van der Waals surface area contributed by atoms with E-state index in [9.17, 15) is 5.11 Å². The summed E-state index contributed by atoms with van der Waals surface area (Å²) in [6.07, 6.45) is 2.30. The maximum absolute atomic E-state index is 9.66. The van der Waals surface area contributed by atoms with Gasteiger partial charge in [-0.2, -0.15) is 5.10 Å². The van der Waals surface area contributed by atoms with Crippen LogP contribution in [0.15, 0.2) is 30.6 Å². The molecule has 5 heteroatoms. The standard InChI is InChI=1S/C13H18N4O/c1-13(2,18)6-7-17-9-15-12(16-17)10-4-3-5-11(14)8-10/h3-5,8-9,18H,6-7,14H2,1-2H3. The highest BCUT2D eigenvalue weighted by molar-refractivity contribution is 5.60. The number of anilines is 1. The highest BCUT2D eigenvalue weighted by Gasteiger charge is 2.13. The second-order valence-corrected chi connectivity index (χ2v) is 5.02. The molecule has 0 aliphatic rings. The van der Waals surface area contributed by atoms with Crippen molar-refractivity contribution in [2.45, 2.75) is 32.4 Å². The SMILES string of the molecule is CC(C)(O)CCn1cnc(-c2cccc(N)c2)n1. The van der Waals surface area contributed by atoms with Crippen molar-refractivity contribution in [3.8, 4) is 11.4 Å². The molecule has 5 nitrogen and oxygen atoms in total. The Bertz CT molecular complexity index is 528. The van der Waals surface area contributed by atoms with E-state index in [1.54, 1.807) is 24.9 Å². The lowest BCUT2D eigenvalue weighted by atomic mass is 10.1. The molecule has 0 radical (unpaired) electrons. The first-order chi connectivity index (χ1) is 8.44. The molecule has 1 aromatic heterocycles. The molecule has 1 aromatic carbocycles. The van der Waals surface area contributed by atoms with Crippen LogP contribution in [0.25, 0.3) is 11.4 Å². The molecule has 0 aliphatic heterocycles. The van der Waals surface area contributed by atoms with Crippen LogP contribution in [0.5, 0.6) is 0 Å². The second kappa shape index (κ2) is 4.78. The summed E-state index contributed by atoms with van der Waals surface area (Å²) in [6, 6.07) is 7.47. The van der Waals surface area contributed by atoms with Gasteiger partial charge in [0, 0.05) is 17.8 Å². The molecule has 3 N–H and O–H groups in total. The van der Waals surface area contributed by atoms with Gasteiger partial charge in [0.15, 0.2) is 5.82 Å². The van der Waals surface area contributed by atoms with Gasteiger partial charge < -0.3 is 10.8 Å². The fourth-order valence-corrected chi connectivity index (χ4v) is 1.60. The first kappa shape index (κ1) is 12.6. The summed E-state index contributed by atoms with van der Waals surface area (Å²) in [5, 5.41) is 14.0. The molecular weight excluding hydrogens is 228 g/mol.